The molecule has 2 nitrogen and oxygen atoms in total. The van der Waals surface area contributed by atoms with Crippen molar-refractivity contribution in [2.24, 2.45) is 0 Å². The van der Waals surface area contributed by atoms with Gasteiger partial charge in [0.15, 0.2) is 0 Å². The van der Waals surface area contributed by atoms with Crippen molar-refractivity contribution in [1.82, 2.24) is 9.88 Å². The van der Waals surface area contributed by atoms with Gasteiger partial charge in [0.05, 0.1) is 5.56 Å². The second-order valence-electron chi connectivity index (χ2n) is 5.81. The summed E-state index contributed by atoms with van der Waals surface area (Å²) in [6, 6.07) is 7.51. The van der Waals surface area contributed by atoms with Gasteiger partial charge in [0, 0.05) is 23.6 Å². The Morgan fingerprint density at radius 2 is 1.87 bits per heavy atom. The molecule has 23 heavy (non-hydrogen) atoms. The molecule has 0 atom stereocenters. The highest BCUT2D eigenvalue weighted by atomic mass is 19.4. The molecule has 2 rings (SSSR count). The smallest absolute Gasteiger partial charge is 0.318 e. The fourth-order valence-corrected chi connectivity index (χ4v) is 2.75. The lowest BCUT2D eigenvalue weighted by molar-refractivity contribution is -0.137. The van der Waals surface area contributed by atoms with E-state index in [-0.39, 0.29) is 0 Å². The first kappa shape index (κ1) is 17.6. The van der Waals surface area contributed by atoms with Crippen LogP contribution in [0.15, 0.2) is 30.3 Å². The lowest BCUT2D eigenvalue weighted by atomic mass is 10.2. The van der Waals surface area contributed by atoms with Gasteiger partial charge in [0.2, 0.25) is 0 Å². The maximum atomic E-state index is 12.9. The third-order valence-corrected chi connectivity index (χ3v) is 3.99. The molecule has 1 aromatic carbocycles. The van der Waals surface area contributed by atoms with Gasteiger partial charge in [-0.25, -0.2) is 0 Å². The molecule has 126 valence electrons. The van der Waals surface area contributed by atoms with Gasteiger partial charge in [0.25, 0.3) is 0 Å². The van der Waals surface area contributed by atoms with Crippen LogP contribution in [0.3, 0.4) is 0 Å². The molecule has 0 aliphatic rings. The monoisotopic (exact) mass is 324 g/mol. The molecule has 0 saturated carbocycles. The normalized spacial score (nSPS) is 11.9. The summed E-state index contributed by atoms with van der Waals surface area (Å²) in [7, 11) is 0. The van der Waals surface area contributed by atoms with Gasteiger partial charge in [-0.05, 0) is 56.6 Å². The van der Waals surface area contributed by atoms with Crippen LogP contribution < -0.4 is 5.32 Å². The molecule has 5 heteroatoms. The van der Waals surface area contributed by atoms with E-state index in [9.17, 15) is 13.2 Å². The van der Waals surface area contributed by atoms with Crippen LogP contribution in [0.5, 0.6) is 0 Å². The fraction of sp³-hybridized carbons (Fsp3) is 0.444. The van der Waals surface area contributed by atoms with E-state index in [0.29, 0.717) is 5.69 Å². The number of rotatable bonds is 6. The molecule has 1 N–H and O–H groups in total. The second-order valence-corrected chi connectivity index (χ2v) is 5.81. The summed E-state index contributed by atoms with van der Waals surface area (Å²) in [6.45, 7) is 7.69. The Kier molecular flexibility index (Phi) is 5.52. The first-order valence-electron chi connectivity index (χ1n) is 7.90. The van der Waals surface area contributed by atoms with E-state index in [4.69, 9.17) is 0 Å². The second kappa shape index (κ2) is 7.21. The summed E-state index contributed by atoms with van der Waals surface area (Å²) in [5.74, 6) is 0. The molecule has 2 aromatic rings. The summed E-state index contributed by atoms with van der Waals surface area (Å²) in [4.78, 5) is 0. The van der Waals surface area contributed by atoms with Crippen LogP contribution in [0.25, 0.3) is 5.69 Å². The number of alkyl halides is 3. The quantitative estimate of drug-likeness (QED) is 0.740. The third-order valence-electron chi connectivity index (χ3n) is 3.99. The molecule has 0 aliphatic heterocycles. The van der Waals surface area contributed by atoms with Crippen molar-refractivity contribution in [2.75, 3.05) is 6.54 Å². The van der Waals surface area contributed by atoms with Gasteiger partial charge < -0.3 is 9.88 Å². The summed E-state index contributed by atoms with van der Waals surface area (Å²) < 4.78 is 40.6. The van der Waals surface area contributed by atoms with Crippen LogP contribution in [-0.4, -0.2) is 11.1 Å². The minimum atomic E-state index is -4.32. The number of nitrogens with one attached hydrogen (secondary N) is 1. The van der Waals surface area contributed by atoms with Gasteiger partial charge in [-0.2, -0.15) is 13.2 Å². The summed E-state index contributed by atoms with van der Waals surface area (Å²) in [6.07, 6.45) is -2.07. The Hall–Kier alpha value is -1.75. The number of aromatic nitrogens is 1. The number of hydrogen-bond acceptors (Lipinski definition) is 1. The van der Waals surface area contributed by atoms with Crippen molar-refractivity contribution in [3.05, 3.63) is 52.8 Å². The standard InChI is InChI=1S/C18H23F3N2/c1-4-5-9-22-12-15-10-13(2)23(14(15)3)17-8-6-7-16(11-17)18(19,20)21/h6-8,10-11,22H,4-5,9,12H2,1-3H3. The largest absolute Gasteiger partial charge is 0.416 e. The zero-order valence-electron chi connectivity index (χ0n) is 13.8. The Morgan fingerprint density at radius 3 is 2.52 bits per heavy atom. The zero-order chi connectivity index (χ0) is 17.0. The predicted molar refractivity (Wildman–Crippen MR) is 86.9 cm³/mol. The van der Waals surface area contributed by atoms with Crippen molar-refractivity contribution in [3.8, 4) is 5.69 Å². The summed E-state index contributed by atoms with van der Waals surface area (Å²) in [5, 5.41) is 3.38. The Balaban J connectivity index is 2.28. The molecule has 0 radical (unpaired) electrons. The van der Waals surface area contributed by atoms with E-state index >= 15 is 0 Å². The maximum Gasteiger partial charge on any atom is 0.416 e. The van der Waals surface area contributed by atoms with Crippen LogP contribution in [0, 0.1) is 13.8 Å². The predicted octanol–water partition coefficient (Wildman–Crippen LogP) is 5.00. The molecule has 0 amide bonds. The Labute approximate surface area is 135 Å². The van der Waals surface area contributed by atoms with Gasteiger partial charge in [-0.3, -0.25) is 0 Å². The number of hydrogen-bond donors (Lipinski definition) is 1. The van der Waals surface area contributed by atoms with Gasteiger partial charge in [0.1, 0.15) is 0 Å². The SMILES string of the molecule is CCCCNCc1cc(C)n(-c2cccc(C(F)(F)F)c2)c1C. The van der Waals surface area contributed by atoms with Gasteiger partial charge in [-0.15, -0.1) is 0 Å². The molecular formula is C18H23F3N2. The van der Waals surface area contributed by atoms with Crippen LogP contribution >= 0.6 is 0 Å². The van der Waals surface area contributed by atoms with Crippen molar-refractivity contribution in [2.45, 2.75) is 46.3 Å². The lowest BCUT2D eigenvalue weighted by Crippen LogP contribution is -2.15. The van der Waals surface area contributed by atoms with Crippen molar-refractivity contribution in [3.63, 3.8) is 0 Å². The van der Waals surface area contributed by atoms with E-state index in [1.54, 1.807) is 6.07 Å². The third kappa shape index (κ3) is 4.16. The minimum Gasteiger partial charge on any atom is -0.318 e. The average molecular weight is 324 g/mol. The number of unbranched alkanes of at least 4 members (excludes halogenated alkanes) is 1. The first-order chi connectivity index (χ1) is 10.8. The summed E-state index contributed by atoms with van der Waals surface area (Å²) >= 11 is 0. The van der Waals surface area contributed by atoms with E-state index in [1.165, 1.54) is 12.1 Å². The Morgan fingerprint density at radius 1 is 1.13 bits per heavy atom. The Bertz CT molecular complexity index is 657. The average Bonchev–Trinajstić information content (AvgIpc) is 2.77. The minimum absolute atomic E-state index is 0.551. The maximum absolute atomic E-state index is 12.9. The van der Waals surface area contributed by atoms with E-state index in [2.05, 4.69) is 12.2 Å². The van der Waals surface area contributed by atoms with E-state index in [0.717, 1.165) is 48.9 Å². The topological polar surface area (TPSA) is 17.0 Å². The number of halogens is 3. The van der Waals surface area contributed by atoms with E-state index in [1.807, 2.05) is 24.5 Å². The van der Waals surface area contributed by atoms with Crippen LogP contribution in [-0.2, 0) is 12.7 Å². The van der Waals surface area contributed by atoms with E-state index < -0.39 is 11.7 Å². The van der Waals surface area contributed by atoms with Crippen LogP contribution in [0.1, 0.15) is 42.3 Å². The molecule has 0 unspecified atom stereocenters. The first-order valence-corrected chi connectivity index (χ1v) is 7.90. The highest BCUT2D eigenvalue weighted by Crippen LogP contribution is 2.31. The molecule has 0 spiro atoms. The highest BCUT2D eigenvalue weighted by molar-refractivity contribution is 5.43. The zero-order valence-corrected chi connectivity index (χ0v) is 13.8. The molecule has 0 fully saturated rings. The lowest BCUT2D eigenvalue weighted by Gasteiger charge is -2.13. The van der Waals surface area contributed by atoms with Crippen molar-refractivity contribution >= 4 is 0 Å². The van der Waals surface area contributed by atoms with Gasteiger partial charge >= 0.3 is 6.18 Å². The molecule has 1 heterocycles. The number of benzene rings is 1. The summed E-state index contributed by atoms with van der Waals surface area (Å²) in [5.41, 5.74) is 2.97. The van der Waals surface area contributed by atoms with Crippen LogP contribution in [0.4, 0.5) is 13.2 Å². The van der Waals surface area contributed by atoms with Crippen molar-refractivity contribution in [1.29, 1.82) is 0 Å². The molecule has 0 bridgehead atoms. The number of nitrogens with zero attached hydrogens (tertiary/aromatic N) is 1. The molecule has 1 aromatic heterocycles. The molecular weight excluding hydrogens is 301 g/mol. The van der Waals surface area contributed by atoms with Crippen molar-refractivity contribution < 1.29 is 13.2 Å². The fourth-order valence-electron chi connectivity index (χ4n) is 2.75. The van der Waals surface area contributed by atoms with Gasteiger partial charge in [-0.1, -0.05) is 19.4 Å². The molecule has 0 aliphatic carbocycles. The number of aryl methyl sites for hydroxylation is 1. The van der Waals surface area contributed by atoms with Crippen LogP contribution in [0.2, 0.25) is 0 Å². The highest BCUT2D eigenvalue weighted by Gasteiger charge is 2.30. The molecule has 0 saturated heterocycles.